The summed E-state index contributed by atoms with van der Waals surface area (Å²) in [7, 11) is 0. The third-order valence-electron chi connectivity index (χ3n) is 2.38. The van der Waals surface area contributed by atoms with Gasteiger partial charge in [-0.2, -0.15) is 0 Å². The van der Waals surface area contributed by atoms with Gasteiger partial charge in [0.1, 0.15) is 0 Å². The number of nitro groups is 1. The van der Waals surface area contributed by atoms with Crippen LogP contribution in [0.2, 0.25) is 0 Å². The van der Waals surface area contributed by atoms with E-state index in [1.54, 1.807) is 13.0 Å². The van der Waals surface area contributed by atoms with E-state index in [0.29, 0.717) is 0 Å². The minimum absolute atomic E-state index is 0.0167. The maximum absolute atomic E-state index is 11.5. The minimum atomic E-state index is -0.589. The number of ether oxygens (including phenoxy) is 2. The number of esters is 1. The van der Waals surface area contributed by atoms with Crippen LogP contribution in [0.1, 0.15) is 13.3 Å². The standard InChI is InChI=1S/C13H16N2O6/c1-2-20-13(17)7-8-14-12(16)9-21-11-6-4-3-5-10(11)15(18)19/h3-6H,2,7-9H2,1H3,(H,14,16). The van der Waals surface area contributed by atoms with Crippen molar-refractivity contribution in [3.8, 4) is 5.75 Å². The number of hydrogen-bond acceptors (Lipinski definition) is 6. The molecule has 1 aromatic carbocycles. The molecule has 0 heterocycles. The average molecular weight is 296 g/mol. The van der Waals surface area contributed by atoms with E-state index in [0.717, 1.165) is 0 Å². The Morgan fingerprint density at radius 3 is 2.71 bits per heavy atom. The monoisotopic (exact) mass is 296 g/mol. The van der Waals surface area contributed by atoms with Crippen LogP contribution >= 0.6 is 0 Å². The smallest absolute Gasteiger partial charge is 0.310 e. The number of nitrogens with zero attached hydrogens (tertiary/aromatic N) is 1. The highest BCUT2D eigenvalue weighted by molar-refractivity contribution is 5.78. The van der Waals surface area contributed by atoms with Gasteiger partial charge in [0, 0.05) is 12.6 Å². The van der Waals surface area contributed by atoms with Crippen molar-refractivity contribution in [3.63, 3.8) is 0 Å². The van der Waals surface area contributed by atoms with Crippen LogP contribution in [-0.4, -0.2) is 36.6 Å². The molecule has 0 unspecified atom stereocenters. The predicted octanol–water partition coefficient (Wildman–Crippen LogP) is 1.04. The number of amides is 1. The van der Waals surface area contributed by atoms with Gasteiger partial charge in [-0.05, 0) is 13.0 Å². The molecule has 1 N–H and O–H groups in total. The second-order valence-electron chi connectivity index (χ2n) is 3.92. The van der Waals surface area contributed by atoms with Gasteiger partial charge in [0.2, 0.25) is 0 Å². The van der Waals surface area contributed by atoms with Gasteiger partial charge in [-0.3, -0.25) is 19.7 Å². The molecular formula is C13H16N2O6. The molecule has 0 saturated heterocycles. The third kappa shape index (κ3) is 5.89. The SMILES string of the molecule is CCOC(=O)CCNC(=O)COc1ccccc1[N+](=O)[O-]. The number of para-hydroxylation sites is 2. The number of hydrogen-bond donors (Lipinski definition) is 1. The highest BCUT2D eigenvalue weighted by Crippen LogP contribution is 2.25. The second kappa shape index (κ2) is 8.51. The normalized spacial score (nSPS) is 9.76. The molecular weight excluding hydrogens is 280 g/mol. The minimum Gasteiger partial charge on any atom is -0.477 e. The molecule has 0 aliphatic carbocycles. The molecule has 8 heteroatoms. The molecule has 0 radical (unpaired) electrons. The van der Waals surface area contributed by atoms with E-state index in [9.17, 15) is 19.7 Å². The van der Waals surface area contributed by atoms with E-state index in [-0.39, 0.29) is 37.6 Å². The summed E-state index contributed by atoms with van der Waals surface area (Å²) in [5.74, 6) is -0.863. The molecule has 0 aliphatic heterocycles. The number of nitro benzene ring substituents is 1. The summed E-state index contributed by atoms with van der Waals surface area (Å²) in [6.07, 6.45) is 0.0606. The van der Waals surface area contributed by atoms with E-state index < -0.39 is 16.8 Å². The highest BCUT2D eigenvalue weighted by atomic mass is 16.6. The van der Waals surface area contributed by atoms with Crippen LogP contribution in [0.25, 0.3) is 0 Å². The van der Waals surface area contributed by atoms with Crippen LogP contribution in [0.5, 0.6) is 5.75 Å². The molecule has 0 fully saturated rings. The lowest BCUT2D eigenvalue weighted by molar-refractivity contribution is -0.385. The molecule has 0 saturated carbocycles. The van der Waals surface area contributed by atoms with Crippen molar-refractivity contribution in [1.82, 2.24) is 5.32 Å². The lowest BCUT2D eigenvalue weighted by atomic mass is 10.3. The average Bonchev–Trinajstić information content (AvgIpc) is 2.45. The van der Waals surface area contributed by atoms with Gasteiger partial charge in [0.25, 0.3) is 5.91 Å². The molecule has 1 rings (SSSR count). The fourth-order valence-electron chi connectivity index (χ4n) is 1.46. The molecule has 0 spiro atoms. The zero-order valence-electron chi connectivity index (χ0n) is 11.5. The van der Waals surface area contributed by atoms with Gasteiger partial charge in [-0.15, -0.1) is 0 Å². The Balaban J connectivity index is 2.37. The Bertz CT molecular complexity index is 517. The Hall–Kier alpha value is -2.64. The van der Waals surface area contributed by atoms with Crippen molar-refractivity contribution in [3.05, 3.63) is 34.4 Å². The van der Waals surface area contributed by atoms with Crippen molar-refractivity contribution in [1.29, 1.82) is 0 Å². The molecule has 1 aromatic rings. The van der Waals surface area contributed by atoms with Crippen LogP contribution < -0.4 is 10.1 Å². The third-order valence-corrected chi connectivity index (χ3v) is 2.38. The van der Waals surface area contributed by atoms with Gasteiger partial charge in [0.05, 0.1) is 18.0 Å². The Morgan fingerprint density at radius 2 is 2.05 bits per heavy atom. The van der Waals surface area contributed by atoms with E-state index in [2.05, 4.69) is 5.32 Å². The summed E-state index contributed by atoms with van der Waals surface area (Å²) in [4.78, 5) is 32.7. The van der Waals surface area contributed by atoms with Crippen LogP contribution in [-0.2, 0) is 14.3 Å². The quantitative estimate of drug-likeness (QED) is 0.436. The molecule has 21 heavy (non-hydrogen) atoms. The topological polar surface area (TPSA) is 108 Å². The van der Waals surface area contributed by atoms with E-state index in [1.165, 1.54) is 18.2 Å². The van der Waals surface area contributed by atoms with Crippen molar-refractivity contribution in [2.75, 3.05) is 19.8 Å². The fourth-order valence-corrected chi connectivity index (χ4v) is 1.46. The first-order valence-electron chi connectivity index (χ1n) is 6.33. The first-order valence-corrected chi connectivity index (χ1v) is 6.33. The summed E-state index contributed by atoms with van der Waals surface area (Å²) >= 11 is 0. The van der Waals surface area contributed by atoms with Crippen LogP contribution in [0, 0.1) is 10.1 Å². The van der Waals surface area contributed by atoms with Crippen molar-refractivity contribution in [2.45, 2.75) is 13.3 Å². The Labute approximate surface area is 121 Å². The first-order chi connectivity index (χ1) is 10.0. The zero-order chi connectivity index (χ0) is 15.7. The summed E-state index contributed by atoms with van der Waals surface area (Å²) in [5.41, 5.74) is -0.211. The van der Waals surface area contributed by atoms with Crippen LogP contribution in [0.3, 0.4) is 0 Å². The van der Waals surface area contributed by atoms with Crippen molar-refractivity contribution < 1.29 is 24.0 Å². The van der Waals surface area contributed by atoms with E-state index in [1.807, 2.05) is 0 Å². The number of carbonyl (C=O) groups is 2. The zero-order valence-corrected chi connectivity index (χ0v) is 11.5. The number of carbonyl (C=O) groups excluding carboxylic acids is 2. The Morgan fingerprint density at radius 1 is 1.33 bits per heavy atom. The molecule has 8 nitrogen and oxygen atoms in total. The molecule has 0 aliphatic rings. The maximum atomic E-state index is 11.5. The highest BCUT2D eigenvalue weighted by Gasteiger charge is 2.14. The van der Waals surface area contributed by atoms with Gasteiger partial charge in [-0.1, -0.05) is 12.1 Å². The first kappa shape index (κ1) is 16.4. The lowest BCUT2D eigenvalue weighted by Crippen LogP contribution is -2.31. The predicted molar refractivity (Wildman–Crippen MR) is 72.9 cm³/mol. The summed E-state index contributed by atoms with van der Waals surface area (Å²) < 4.78 is 9.79. The molecule has 0 aromatic heterocycles. The van der Waals surface area contributed by atoms with Crippen LogP contribution in [0.15, 0.2) is 24.3 Å². The van der Waals surface area contributed by atoms with E-state index in [4.69, 9.17) is 9.47 Å². The van der Waals surface area contributed by atoms with Crippen LogP contribution in [0.4, 0.5) is 5.69 Å². The molecule has 0 atom stereocenters. The fraction of sp³-hybridized carbons (Fsp3) is 0.385. The lowest BCUT2D eigenvalue weighted by Gasteiger charge is -2.07. The van der Waals surface area contributed by atoms with Crippen molar-refractivity contribution in [2.24, 2.45) is 0 Å². The van der Waals surface area contributed by atoms with E-state index >= 15 is 0 Å². The van der Waals surface area contributed by atoms with Gasteiger partial charge >= 0.3 is 11.7 Å². The van der Waals surface area contributed by atoms with Gasteiger partial charge in [-0.25, -0.2) is 0 Å². The number of rotatable bonds is 8. The van der Waals surface area contributed by atoms with Crippen molar-refractivity contribution >= 4 is 17.6 Å². The second-order valence-corrected chi connectivity index (χ2v) is 3.92. The summed E-state index contributed by atoms with van der Waals surface area (Å²) in [5, 5.41) is 13.2. The number of benzene rings is 1. The maximum Gasteiger partial charge on any atom is 0.310 e. The summed E-state index contributed by atoms with van der Waals surface area (Å²) in [6.45, 7) is 1.73. The summed E-state index contributed by atoms with van der Waals surface area (Å²) in [6, 6.07) is 5.77. The number of nitrogens with one attached hydrogen (secondary N) is 1. The molecule has 1 amide bonds. The Kier molecular flexibility index (Phi) is 6.66. The largest absolute Gasteiger partial charge is 0.477 e. The van der Waals surface area contributed by atoms with Gasteiger partial charge in [0.15, 0.2) is 12.4 Å². The van der Waals surface area contributed by atoms with Gasteiger partial charge < -0.3 is 14.8 Å². The molecule has 0 bridgehead atoms. The molecule has 114 valence electrons.